The maximum atomic E-state index is 11.5. The first kappa shape index (κ1) is 23.2. The Kier molecular flexibility index (Phi) is 6.95. The van der Waals surface area contributed by atoms with Crippen LogP contribution in [0.3, 0.4) is 0 Å². The first-order chi connectivity index (χ1) is 15.6. The number of tetrazole rings is 1. The van der Waals surface area contributed by atoms with Gasteiger partial charge < -0.3 is 15.2 Å². The summed E-state index contributed by atoms with van der Waals surface area (Å²) in [5.41, 5.74) is 4.19. The van der Waals surface area contributed by atoms with Crippen molar-refractivity contribution in [1.29, 1.82) is 0 Å². The number of fused-ring (bicyclic) bond motifs is 1. The average Bonchev–Trinajstić information content (AvgIpc) is 3.34. The molecule has 33 heavy (non-hydrogen) atoms. The molecule has 9 heteroatoms. The number of aliphatic carboxylic acids is 1. The van der Waals surface area contributed by atoms with E-state index in [2.05, 4.69) is 57.1 Å². The van der Waals surface area contributed by atoms with Gasteiger partial charge in [0.15, 0.2) is 0 Å². The van der Waals surface area contributed by atoms with Crippen molar-refractivity contribution in [1.82, 2.24) is 25.9 Å². The number of piperidine rings is 1. The Morgan fingerprint density at radius 3 is 2.58 bits per heavy atom. The normalized spacial score (nSPS) is 24.4. The number of nitrogens with one attached hydrogen (secondary N) is 2. The van der Waals surface area contributed by atoms with E-state index >= 15 is 0 Å². The van der Waals surface area contributed by atoms with Gasteiger partial charge in [-0.3, -0.25) is 4.79 Å². The smallest absolute Gasteiger partial charge is 0.320 e. The van der Waals surface area contributed by atoms with E-state index in [4.69, 9.17) is 4.74 Å². The Labute approximate surface area is 198 Å². The van der Waals surface area contributed by atoms with Crippen LogP contribution >= 0.6 is 12.4 Å². The number of carboxylic acids is 1. The van der Waals surface area contributed by atoms with Gasteiger partial charge >= 0.3 is 5.97 Å². The van der Waals surface area contributed by atoms with Gasteiger partial charge in [0.2, 0.25) is 5.82 Å². The number of hydrogen-bond acceptors (Lipinski definition) is 6. The highest BCUT2D eigenvalue weighted by Crippen LogP contribution is 2.39. The molecule has 0 spiro atoms. The lowest BCUT2D eigenvalue weighted by molar-refractivity contribution is -0.141. The van der Waals surface area contributed by atoms with E-state index in [1.807, 2.05) is 18.2 Å². The topological polar surface area (TPSA) is 113 Å². The highest BCUT2D eigenvalue weighted by atomic mass is 35.5. The summed E-state index contributed by atoms with van der Waals surface area (Å²) in [6.07, 6.45) is 3.52. The molecule has 0 unspecified atom stereocenters. The Balaban J connectivity index is 0.00000259. The molecule has 3 aromatic rings. The van der Waals surface area contributed by atoms with Gasteiger partial charge in [0, 0.05) is 0 Å². The van der Waals surface area contributed by atoms with Crippen molar-refractivity contribution in [2.45, 2.75) is 44.8 Å². The van der Waals surface area contributed by atoms with Gasteiger partial charge in [-0.15, -0.1) is 22.6 Å². The highest BCUT2D eigenvalue weighted by Gasteiger charge is 2.38. The predicted octanol–water partition coefficient (Wildman–Crippen LogP) is 3.87. The van der Waals surface area contributed by atoms with Gasteiger partial charge in [0.25, 0.3) is 0 Å². The molecule has 1 saturated carbocycles. The van der Waals surface area contributed by atoms with Crippen LogP contribution < -0.4 is 10.1 Å². The molecular weight excluding hydrogens is 442 g/mol. The van der Waals surface area contributed by atoms with Crippen molar-refractivity contribution < 1.29 is 14.6 Å². The lowest BCUT2D eigenvalue weighted by Gasteiger charge is -2.41. The number of carboxylic acid groups (broad SMARTS) is 1. The fourth-order valence-corrected chi connectivity index (χ4v) is 5.00. The van der Waals surface area contributed by atoms with Crippen LogP contribution in [0, 0.1) is 18.8 Å². The number of aromatic nitrogens is 4. The molecule has 4 atom stereocenters. The zero-order chi connectivity index (χ0) is 22.1. The summed E-state index contributed by atoms with van der Waals surface area (Å²) < 4.78 is 6.55. The Morgan fingerprint density at radius 1 is 1.06 bits per heavy atom. The molecule has 1 aliphatic carbocycles. The molecule has 0 bridgehead atoms. The Morgan fingerprint density at radius 2 is 1.85 bits per heavy atom. The number of halogens is 1. The summed E-state index contributed by atoms with van der Waals surface area (Å²) in [7, 11) is 0. The molecule has 2 fully saturated rings. The van der Waals surface area contributed by atoms with Crippen LogP contribution in [0.5, 0.6) is 5.75 Å². The second-order valence-corrected chi connectivity index (χ2v) is 8.92. The van der Waals surface area contributed by atoms with E-state index in [9.17, 15) is 9.90 Å². The van der Waals surface area contributed by atoms with Crippen LogP contribution in [-0.4, -0.2) is 50.4 Å². The highest BCUT2D eigenvalue weighted by molar-refractivity contribution is 5.85. The van der Waals surface area contributed by atoms with E-state index in [-0.39, 0.29) is 18.5 Å². The maximum absolute atomic E-state index is 11.5. The molecular formula is C24H28ClN5O3. The van der Waals surface area contributed by atoms with Crippen molar-refractivity contribution in [3.8, 4) is 28.3 Å². The van der Waals surface area contributed by atoms with Crippen molar-refractivity contribution in [2.75, 3.05) is 6.54 Å². The van der Waals surface area contributed by atoms with Gasteiger partial charge in [-0.1, -0.05) is 35.9 Å². The molecule has 1 saturated heterocycles. The van der Waals surface area contributed by atoms with Crippen LogP contribution in [0.15, 0.2) is 42.5 Å². The number of ether oxygens (including phenoxy) is 1. The lowest BCUT2D eigenvalue weighted by atomic mass is 9.72. The van der Waals surface area contributed by atoms with Crippen LogP contribution in [0.2, 0.25) is 0 Å². The number of benzene rings is 2. The van der Waals surface area contributed by atoms with Crippen LogP contribution in [-0.2, 0) is 4.79 Å². The minimum atomic E-state index is -0.767. The molecule has 1 aliphatic heterocycles. The largest absolute Gasteiger partial charge is 0.490 e. The summed E-state index contributed by atoms with van der Waals surface area (Å²) in [6, 6.07) is 14.0. The molecule has 5 rings (SSSR count). The third kappa shape index (κ3) is 5.02. The van der Waals surface area contributed by atoms with Crippen LogP contribution in [0.1, 0.15) is 31.2 Å². The molecule has 174 valence electrons. The molecule has 8 nitrogen and oxygen atoms in total. The fraction of sp³-hybridized carbons (Fsp3) is 0.417. The van der Waals surface area contributed by atoms with Gasteiger partial charge in [-0.05, 0) is 79.5 Å². The molecule has 2 aromatic carbocycles. The molecule has 1 aromatic heterocycles. The van der Waals surface area contributed by atoms with E-state index in [1.54, 1.807) is 0 Å². The molecule has 3 N–H and O–H groups in total. The summed E-state index contributed by atoms with van der Waals surface area (Å²) in [5, 5.41) is 27.1. The van der Waals surface area contributed by atoms with Crippen molar-refractivity contribution in [2.24, 2.45) is 11.8 Å². The molecule has 0 amide bonds. The van der Waals surface area contributed by atoms with Gasteiger partial charge in [0.05, 0.1) is 11.7 Å². The number of aromatic amines is 1. The third-order valence-corrected chi connectivity index (χ3v) is 6.80. The summed E-state index contributed by atoms with van der Waals surface area (Å²) in [4.78, 5) is 11.5. The monoisotopic (exact) mass is 469 g/mol. The average molecular weight is 470 g/mol. The maximum Gasteiger partial charge on any atom is 0.320 e. The number of H-pyrrole nitrogens is 1. The Bertz CT molecular complexity index is 1090. The SMILES string of the molecule is Cc1ccc(-c2ccc(-c3nn[nH]n3)c(O[C@H]3CC[C@H]4CN[C@H](C(=O)O)C[C@H]4C3)c2)cc1.Cl. The Hall–Kier alpha value is -2.97. The third-order valence-electron chi connectivity index (χ3n) is 6.80. The fourth-order valence-electron chi connectivity index (χ4n) is 5.00. The van der Waals surface area contributed by atoms with Gasteiger partial charge in [-0.2, -0.15) is 5.21 Å². The second kappa shape index (κ2) is 9.89. The quantitative estimate of drug-likeness (QED) is 0.519. The minimum Gasteiger partial charge on any atom is -0.490 e. The predicted molar refractivity (Wildman–Crippen MR) is 126 cm³/mol. The molecule has 2 aliphatic rings. The summed E-state index contributed by atoms with van der Waals surface area (Å²) in [5.74, 6) is 1.33. The first-order valence-electron chi connectivity index (χ1n) is 11.1. The van der Waals surface area contributed by atoms with E-state index in [0.717, 1.165) is 48.2 Å². The van der Waals surface area contributed by atoms with Crippen LogP contribution in [0.4, 0.5) is 0 Å². The number of aryl methyl sites for hydroxylation is 1. The van der Waals surface area contributed by atoms with E-state index in [0.29, 0.717) is 24.1 Å². The number of carbonyl (C=O) groups is 1. The minimum absolute atomic E-state index is 0. The van der Waals surface area contributed by atoms with Crippen molar-refractivity contribution >= 4 is 18.4 Å². The van der Waals surface area contributed by atoms with E-state index < -0.39 is 12.0 Å². The lowest BCUT2D eigenvalue weighted by Crippen LogP contribution is -2.50. The van der Waals surface area contributed by atoms with E-state index in [1.165, 1.54) is 5.56 Å². The van der Waals surface area contributed by atoms with Crippen LogP contribution in [0.25, 0.3) is 22.5 Å². The number of nitrogens with zero attached hydrogens (tertiary/aromatic N) is 3. The van der Waals surface area contributed by atoms with Crippen molar-refractivity contribution in [3.05, 3.63) is 48.0 Å². The summed E-state index contributed by atoms with van der Waals surface area (Å²) in [6.45, 7) is 2.84. The van der Waals surface area contributed by atoms with Gasteiger partial charge in [-0.25, -0.2) is 0 Å². The van der Waals surface area contributed by atoms with Crippen molar-refractivity contribution in [3.63, 3.8) is 0 Å². The summed E-state index contributed by atoms with van der Waals surface area (Å²) >= 11 is 0. The zero-order valence-electron chi connectivity index (χ0n) is 18.4. The molecule has 0 radical (unpaired) electrons. The standard InChI is InChI=1S/C24H27N5O3.ClH/c1-14-2-4-15(5-3-14)16-7-9-20(23-26-28-29-27-23)22(12-16)32-19-8-6-17-13-25-21(24(30)31)11-18(17)10-19;/h2-5,7,9,12,17-19,21,25H,6,8,10-11,13H2,1H3,(H,30,31)(H,26,27,28,29);1H/t17-,18+,19-,21-;/m0./s1. The molecule has 2 heterocycles. The zero-order valence-corrected chi connectivity index (χ0v) is 19.2. The number of hydrogen-bond donors (Lipinski definition) is 3. The second-order valence-electron chi connectivity index (χ2n) is 8.92. The number of rotatable bonds is 5. The van der Waals surface area contributed by atoms with Gasteiger partial charge in [0.1, 0.15) is 11.8 Å². The first-order valence-corrected chi connectivity index (χ1v) is 11.1.